The second-order valence-corrected chi connectivity index (χ2v) is 6.58. The third-order valence-electron chi connectivity index (χ3n) is 4.66. The van der Waals surface area contributed by atoms with Crippen LogP contribution < -0.4 is 4.74 Å². The van der Waals surface area contributed by atoms with Gasteiger partial charge in [0.05, 0.1) is 5.56 Å². The average Bonchev–Trinajstić information content (AvgIpc) is 2.79. The molecule has 4 nitrogen and oxygen atoms in total. The highest BCUT2D eigenvalue weighted by atomic mass is 16.5. The van der Waals surface area contributed by atoms with Gasteiger partial charge in [0.25, 0.3) is 0 Å². The van der Waals surface area contributed by atoms with Crippen molar-refractivity contribution in [1.82, 2.24) is 4.98 Å². The fourth-order valence-corrected chi connectivity index (χ4v) is 3.23. The Morgan fingerprint density at radius 2 is 1.62 bits per heavy atom. The van der Waals surface area contributed by atoms with Crippen molar-refractivity contribution in [3.8, 4) is 28.0 Å². The lowest BCUT2D eigenvalue weighted by Crippen LogP contribution is -1.98. The molecule has 4 rings (SSSR count). The van der Waals surface area contributed by atoms with E-state index in [4.69, 9.17) is 4.74 Å². The maximum atomic E-state index is 11.4. The quantitative estimate of drug-likeness (QED) is 0.466. The molecule has 0 spiro atoms. The number of rotatable bonds is 6. The summed E-state index contributed by atoms with van der Waals surface area (Å²) in [6.45, 7) is 0.460. The van der Waals surface area contributed by atoms with Crippen LogP contribution in [0.2, 0.25) is 0 Å². The zero-order valence-electron chi connectivity index (χ0n) is 15.7. The first kappa shape index (κ1) is 18.4. The molecule has 0 bridgehead atoms. The zero-order chi connectivity index (χ0) is 20.1. The van der Waals surface area contributed by atoms with Crippen molar-refractivity contribution in [3.63, 3.8) is 0 Å². The molecule has 0 atom stereocenters. The van der Waals surface area contributed by atoms with Gasteiger partial charge >= 0.3 is 5.97 Å². The van der Waals surface area contributed by atoms with Gasteiger partial charge < -0.3 is 9.84 Å². The van der Waals surface area contributed by atoms with E-state index in [1.807, 2.05) is 66.7 Å². The fourth-order valence-electron chi connectivity index (χ4n) is 3.23. The van der Waals surface area contributed by atoms with Gasteiger partial charge in [0.15, 0.2) is 0 Å². The van der Waals surface area contributed by atoms with Crippen LogP contribution in [0.4, 0.5) is 0 Å². The first-order valence-corrected chi connectivity index (χ1v) is 9.26. The van der Waals surface area contributed by atoms with Crippen LogP contribution in [0.1, 0.15) is 15.9 Å². The Bertz CT molecular complexity index is 1140. The first-order chi connectivity index (χ1) is 14.2. The summed E-state index contributed by atoms with van der Waals surface area (Å²) in [4.78, 5) is 15.7. The van der Waals surface area contributed by atoms with Crippen LogP contribution in [0.15, 0.2) is 97.3 Å². The Kier molecular flexibility index (Phi) is 5.34. The van der Waals surface area contributed by atoms with Crippen LogP contribution in [0, 0.1) is 0 Å². The van der Waals surface area contributed by atoms with E-state index in [0.29, 0.717) is 6.61 Å². The highest BCUT2D eigenvalue weighted by molar-refractivity contribution is 5.91. The van der Waals surface area contributed by atoms with Gasteiger partial charge in [0.1, 0.15) is 12.4 Å². The van der Waals surface area contributed by atoms with Crippen molar-refractivity contribution in [2.45, 2.75) is 6.61 Å². The molecule has 1 heterocycles. The summed E-state index contributed by atoms with van der Waals surface area (Å²) in [5, 5.41) is 9.33. The van der Waals surface area contributed by atoms with Gasteiger partial charge in [-0.3, -0.25) is 4.98 Å². The van der Waals surface area contributed by atoms with Gasteiger partial charge in [0.2, 0.25) is 0 Å². The van der Waals surface area contributed by atoms with E-state index in [1.165, 1.54) is 0 Å². The summed E-state index contributed by atoms with van der Waals surface area (Å²) < 4.78 is 6.11. The molecule has 0 radical (unpaired) electrons. The summed E-state index contributed by atoms with van der Waals surface area (Å²) in [5.41, 5.74) is 4.85. The maximum absolute atomic E-state index is 11.4. The molecule has 0 amide bonds. The van der Waals surface area contributed by atoms with Gasteiger partial charge in [-0.25, -0.2) is 4.79 Å². The molecular weight excluding hydrogens is 362 g/mol. The standard InChI is InChI=1S/C25H19NO3/c27-25(28)20-10-6-9-19(15-20)21-13-14-26-16-23(21)22-11-4-5-12-24(22)29-17-18-7-2-1-3-8-18/h1-16H,17H2,(H,27,28). The van der Waals surface area contributed by atoms with Gasteiger partial charge in [-0.05, 0) is 41.0 Å². The number of hydrogen-bond acceptors (Lipinski definition) is 3. The van der Waals surface area contributed by atoms with Crippen molar-refractivity contribution >= 4 is 5.97 Å². The minimum absolute atomic E-state index is 0.249. The number of aromatic carboxylic acids is 1. The largest absolute Gasteiger partial charge is 0.488 e. The smallest absolute Gasteiger partial charge is 0.335 e. The number of hydrogen-bond donors (Lipinski definition) is 1. The topological polar surface area (TPSA) is 59.4 Å². The monoisotopic (exact) mass is 381 g/mol. The maximum Gasteiger partial charge on any atom is 0.335 e. The third-order valence-corrected chi connectivity index (χ3v) is 4.66. The molecule has 0 saturated heterocycles. The number of benzene rings is 3. The molecule has 1 N–H and O–H groups in total. The Labute approximate surface area is 169 Å². The van der Waals surface area contributed by atoms with Crippen LogP contribution in [0.3, 0.4) is 0 Å². The molecule has 4 heteroatoms. The Morgan fingerprint density at radius 3 is 2.45 bits per heavy atom. The fraction of sp³-hybridized carbons (Fsp3) is 0.0400. The minimum Gasteiger partial charge on any atom is -0.488 e. The lowest BCUT2D eigenvalue weighted by molar-refractivity contribution is 0.0697. The highest BCUT2D eigenvalue weighted by Crippen LogP contribution is 2.37. The Balaban J connectivity index is 1.73. The predicted molar refractivity (Wildman–Crippen MR) is 113 cm³/mol. The molecule has 0 aliphatic heterocycles. The van der Waals surface area contributed by atoms with Crippen LogP contribution in [0.5, 0.6) is 5.75 Å². The molecule has 0 unspecified atom stereocenters. The van der Waals surface area contributed by atoms with E-state index >= 15 is 0 Å². The summed E-state index contributed by atoms with van der Waals surface area (Å²) in [7, 11) is 0. The predicted octanol–water partition coefficient (Wildman–Crippen LogP) is 5.69. The molecule has 142 valence electrons. The highest BCUT2D eigenvalue weighted by Gasteiger charge is 2.13. The number of carboxylic acids is 1. The number of aromatic nitrogens is 1. The molecule has 3 aromatic carbocycles. The molecule has 0 saturated carbocycles. The molecule has 1 aromatic heterocycles. The van der Waals surface area contributed by atoms with E-state index in [2.05, 4.69) is 4.98 Å². The summed E-state index contributed by atoms with van der Waals surface area (Å²) in [6, 6.07) is 26.6. The van der Waals surface area contributed by atoms with Crippen LogP contribution in [-0.2, 0) is 6.61 Å². The number of carbonyl (C=O) groups is 1. The average molecular weight is 381 g/mol. The van der Waals surface area contributed by atoms with Crippen molar-refractivity contribution < 1.29 is 14.6 Å². The summed E-state index contributed by atoms with van der Waals surface area (Å²) in [6.07, 6.45) is 3.49. The number of para-hydroxylation sites is 1. The summed E-state index contributed by atoms with van der Waals surface area (Å²) >= 11 is 0. The second kappa shape index (κ2) is 8.40. The molecule has 0 fully saturated rings. The van der Waals surface area contributed by atoms with E-state index in [0.717, 1.165) is 33.6 Å². The van der Waals surface area contributed by atoms with Gasteiger partial charge in [-0.1, -0.05) is 60.7 Å². The molecular formula is C25H19NO3. The van der Waals surface area contributed by atoms with Crippen LogP contribution in [-0.4, -0.2) is 16.1 Å². The lowest BCUT2D eigenvalue weighted by Gasteiger charge is -2.15. The number of nitrogens with zero attached hydrogens (tertiary/aromatic N) is 1. The molecule has 29 heavy (non-hydrogen) atoms. The number of pyridine rings is 1. The zero-order valence-corrected chi connectivity index (χ0v) is 15.7. The van der Waals surface area contributed by atoms with Gasteiger partial charge in [0, 0.05) is 23.5 Å². The van der Waals surface area contributed by atoms with E-state index in [1.54, 1.807) is 30.6 Å². The number of carboxylic acid groups (broad SMARTS) is 1. The molecule has 0 aliphatic rings. The molecule has 0 aliphatic carbocycles. The molecule has 4 aromatic rings. The first-order valence-electron chi connectivity index (χ1n) is 9.26. The van der Waals surface area contributed by atoms with Crippen molar-refractivity contribution in [2.24, 2.45) is 0 Å². The summed E-state index contributed by atoms with van der Waals surface area (Å²) in [5.74, 6) is -0.200. The Hall–Kier alpha value is -3.92. The Morgan fingerprint density at radius 1 is 0.828 bits per heavy atom. The number of ether oxygens (including phenoxy) is 1. The normalized spacial score (nSPS) is 10.5. The SMILES string of the molecule is O=C(O)c1cccc(-c2ccncc2-c2ccccc2OCc2ccccc2)c1. The van der Waals surface area contributed by atoms with Gasteiger partial charge in [-0.2, -0.15) is 0 Å². The van der Waals surface area contributed by atoms with E-state index in [9.17, 15) is 9.90 Å². The van der Waals surface area contributed by atoms with Gasteiger partial charge in [-0.15, -0.1) is 0 Å². The van der Waals surface area contributed by atoms with Crippen LogP contribution in [0.25, 0.3) is 22.3 Å². The van der Waals surface area contributed by atoms with Crippen molar-refractivity contribution in [1.29, 1.82) is 0 Å². The third kappa shape index (κ3) is 4.17. The van der Waals surface area contributed by atoms with E-state index in [-0.39, 0.29) is 5.56 Å². The van der Waals surface area contributed by atoms with E-state index < -0.39 is 5.97 Å². The minimum atomic E-state index is -0.950. The van der Waals surface area contributed by atoms with Crippen molar-refractivity contribution in [2.75, 3.05) is 0 Å². The van der Waals surface area contributed by atoms with Crippen LogP contribution >= 0.6 is 0 Å². The van der Waals surface area contributed by atoms with Crippen molar-refractivity contribution in [3.05, 3.63) is 108 Å². The second-order valence-electron chi connectivity index (χ2n) is 6.58. The lowest BCUT2D eigenvalue weighted by atomic mass is 9.95.